The van der Waals surface area contributed by atoms with E-state index in [0.29, 0.717) is 24.2 Å². The van der Waals surface area contributed by atoms with Crippen molar-refractivity contribution in [2.24, 2.45) is 11.7 Å². The highest BCUT2D eigenvalue weighted by Crippen LogP contribution is 2.22. The van der Waals surface area contributed by atoms with Gasteiger partial charge in [0.1, 0.15) is 0 Å². The second-order valence-corrected chi connectivity index (χ2v) is 6.23. The van der Waals surface area contributed by atoms with Crippen LogP contribution in [0.1, 0.15) is 19.2 Å². The first-order valence-electron chi connectivity index (χ1n) is 6.55. The first kappa shape index (κ1) is 12.8. The first-order valence-corrected chi connectivity index (χ1v) is 7.43. The normalized spacial score (nSPS) is 24.7. The Kier molecular flexibility index (Phi) is 3.63. The summed E-state index contributed by atoms with van der Waals surface area (Å²) in [6, 6.07) is 4.24. The number of rotatable bonds is 3. The molecule has 3 heterocycles. The standard InChI is InChI=1S/C13H18N4OS/c1-9-5-10(14)7-17(6-9)8-12-15-13(16-18-12)11-3-2-4-19-11/h2-4,9-10H,5-8,14H2,1H3. The van der Waals surface area contributed by atoms with Gasteiger partial charge < -0.3 is 10.3 Å². The summed E-state index contributed by atoms with van der Waals surface area (Å²) in [5, 5.41) is 6.04. The maximum absolute atomic E-state index is 6.04. The zero-order valence-corrected chi connectivity index (χ0v) is 11.8. The molecule has 2 atom stereocenters. The lowest BCUT2D eigenvalue weighted by Crippen LogP contribution is -2.45. The number of nitrogens with zero attached hydrogens (tertiary/aromatic N) is 3. The lowest BCUT2D eigenvalue weighted by molar-refractivity contribution is 0.142. The summed E-state index contributed by atoms with van der Waals surface area (Å²) in [7, 11) is 0. The topological polar surface area (TPSA) is 68.2 Å². The lowest BCUT2D eigenvalue weighted by Gasteiger charge is -2.33. The SMILES string of the molecule is CC1CC(N)CN(Cc2nc(-c3cccs3)no2)C1. The van der Waals surface area contributed by atoms with Crippen molar-refractivity contribution in [1.29, 1.82) is 0 Å². The van der Waals surface area contributed by atoms with Crippen molar-refractivity contribution < 1.29 is 4.52 Å². The number of hydrogen-bond acceptors (Lipinski definition) is 6. The Morgan fingerprint density at radius 3 is 3.16 bits per heavy atom. The van der Waals surface area contributed by atoms with Gasteiger partial charge in [-0.05, 0) is 23.8 Å². The van der Waals surface area contributed by atoms with Gasteiger partial charge in [0.25, 0.3) is 0 Å². The molecule has 0 aromatic carbocycles. The molecular weight excluding hydrogens is 260 g/mol. The van der Waals surface area contributed by atoms with Gasteiger partial charge >= 0.3 is 0 Å². The molecule has 0 bridgehead atoms. The number of aromatic nitrogens is 2. The van der Waals surface area contributed by atoms with E-state index in [-0.39, 0.29) is 6.04 Å². The van der Waals surface area contributed by atoms with E-state index in [4.69, 9.17) is 10.3 Å². The molecule has 6 heteroatoms. The van der Waals surface area contributed by atoms with Crippen molar-refractivity contribution in [2.45, 2.75) is 25.9 Å². The zero-order valence-electron chi connectivity index (χ0n) is 11.0. The number of hydrogen-bond donors (Lipinski definition) is 1. The molecule has 2 unspecified atom stereocenters. The largest absolute Gasteiger partial charge is 0.338 e. The van der Waals surface area contributed by atoms with Crippen molar-refractivity contribution in [3.05, 3.63) is 23.4 Å². The Hall–Kier alpha value is -1.24. The monoisotopic (exact) mass is 278 g/mol. The predicted molar refractivity (Wildman–Crippen MR) is 74.6 cm³/mol. The van der Waals surface area contributed by atoms with Gasteiger partial charge in [0, 0.05) is 19.1 Å². The van der Waals surface area contributed by atoms with Gasteiger partial charge in [-0.1, -0.05) is 18.1 Å². The third-order valence-corrected chi connectivity index (χ3v) is 4.20. The van der Waals surface area contributed by atoms with Crippen LogP contribution < -0.4 is 5.73 Å². The fraction of sp³-hybridized carbons (Fsp3) is 0.538. The van der Waals surface area contributed by atoms with E-state index < -0.39 is 0 Å². The molecule has 0 radical (unpaired) electrons. The molecule has 0 amide bonds. The van der Waals surface area contributed by atoms with Gasteiger partial charge in [0.2, 0.25) is 11.7 Å². The van der Waals surface area contributed by atoms with Gasteiger partial charge in [-0.25, -0.2) is 0 Å². The molecule has 0 spiro atoms. The minimum Gasteiger partial charge on any atom is -0.338 e. The zero-order chi connectivity index (χ0) is 13.2. The lowest BCUT2D eigenvalue weighted by atomic mass is 9.97. The first-order chi connectivity index (χ1) is 9.20. The van der Waals surface area contributed by atoms with Gasteiger partial charge in [-0.2, -0.15) is 4.98 Å². The van der Waals surface area contributed by atoms with E-state index >= 15 is 0 Å². The second kappa shape index (κ2) is 5.40. The summed E-state index contributed by atoms with van der Waals surface area (Å²) < 4.78 is 5.32. The molecular formula is C13H18N4OS. The molecule has 1 fully saturated rings. The van der Waals surface area contributed by atoms with Crippen LogP contribution in [0.2, 0.25) is 0 Å². The molecule has 1 aliphatic rings. The van der Waals surface area contributed by atoms with Crippen LogP contribution in [0.5, 0.6) is 0 Å². The van der Waals surface area contributed by atoms with Crippen LogP contribution in [-0.4, -0.2) is 34.2 Å². The van der Waals surface area contributed by atoms with Crippen LogP contribution in [0.3, 0.4) is 0 Å². The minimum absolute atomic E-state index is 0.253. The Morgan fingerprint density at radius 2 is 2.42 bits per heavy atom. The van der Waals surface area contributed by atoms with E-state index in [9.17, 15) is 0 Å². The fourth-order valence-electron chi connectivity index (χ4n) is 2.66. The summed E-state index contributed by atoms with van der Waals surface area (Å²) in [5.41, 5.74) is 6.04. The molecule has 5 nitrogen and oxygen atoms in total. The van der Waals surface area contributed by atoms with Crippen molar-refractivity contribution >= 4 is 11.3 Å². The third-order valence-electron chi connectivity index (χ3n) is 3.34. The highest BCUT2D eigenvalue weighted by molar-refractivity contribution is 7.13. The van der Waals surface area contributed by atoms with Crippen LogP contribution in [-0.2, 0) is 6.54 Å². The Morgan fingerprint density at radius 1 is 1.53 bits per heavy atom. The maximum atomic E-state index is 6.04. The van der Waals surface area contributed by atoms with E-state index in [0.717, 1.165) is 24.4 Å². The minimum atomic E-state index is 0.253. The van der Waals surface area contributed by atoms with Crippen LogP contribution >= 0.6 is 11.3 Å². The van der Waals surface area contributed by atoms with E-state index in [1.54, 1.807) is 11.3 Å². The molecule has 1 aliphatic heterocycles. The number of thiophene rings is 1. The van der Waals surface area contributed by atoms with E-state index in [1.165, 1.54) is 0 Å². The Balaban J connectivity index is 1.67. The number of nitrogens with two attached hydrogens (primary N) is 1. The van der Waals surface area contributed by atoms with Crippen LogP contribution in [0.4, 0.5) is 0 Å². The van der Waals surface area contributed by atoms with Crippen molar-refractivity contribution in [1.82, 2.24) is 15.0 Å². The second-order valence-electron chi connectivity index (χ2n) is 5.28. The van der Waals surface area contributed by atoms with E-state index in [2.05, 4.69) is 22.0 Å². The quantitative estimate of drug-likeness (QED) is 0.929. The average molecular weight is 278 g/mol. The molecule has 19 heavy (non-hydrogen) atoms. The van der Waals surface area contributed by atoms with Gasteiger partial charge in [0.15, 0.2) is 0 Å². The molecule has 1 saturated heterocycles. The highest BCUT2D eigenvalue weighted by atomic mass is 32.1. The summed E-state index contributed by atoms with van der Waals surface area (Å²) in [4.78, 5) is 7.78. The number of piperidine rings is 1. The number of likely N-dealkylation sites (tertiary alicyclic amines) is 1. The molecule has 102 valence electrons. The summed E-state index contributed by atoms with van der Waals surface area (Å²) >= 11 is 1.62. The molecule has 3 rings (SSSR count). The van der Waals surface area contributed by atoms with Crippen LogP contribution in [0.25, 0.3) is 10.7 Å². The predicted octanol–water partition coefficient (Wildman–Crippen LogP) is 1.97. The van der Waals surface area contributed by atoms with E-state index in [1.807, 2.05) is 17.5 Å². The van der Waals surface area contributed by atoms with Crippen molar-refractivity contribution in [3.8, 4) is 10.7 Å². The summed E-state index contributed by atoms with van der Waals surface area (Å²) in [6.07, 6.45) is 1.10. The third kappa shape index (κ3) is 3.02. The van der Waals surface area contributed by atoms with Gasteiger partial charge in [-0.15, -0.1) is 11.3 Å². The van der Waals surface area contributed by atoms with Crippen LogP contribution in [0.15, 0.2) is 22.0 Å². The molecule has 0 saturated carbocycles. The van der Waals surface area contributed by atoms with Crippen LogP contribution in [0, 0.1) is 5.92 Å². The fourth-order valence-corrected chi connectivity index (χ4v) is 3.31. The molecule has 0 aliphatic carbocycles. The van der Waals surface area contributed by atoms with Gasteiger partial charge in [-0.3, -0.25) is 4.90 Å². The average Bonchev–Trinajstić information content (AvgIpc) is 2.96. The Labute approximate surface area is 116 Å². The van der Waals surface area contributed by atoms with Crippen molar-refractivity contribution in [2.75, 3.05) is 13.1 Å². The Bertz CT molecular complexity index is 514. The van der Waals surface area contributed by atoms with Gasteiger partial charge in [0.05, 0.1) is 11.4 Å². The summed E-state index contributed by atoms with van der Waals surface area (Å²) in [6.45, 7) is 4.87. The molecule has 2 N–H and O–H groups in total. The summed E-state index contributed by atoms with van der Waals surface area (Å²) in [5.74, 6) is 1.98. The molecule has 2 aromatic heterocycles. The maximum Gasteiger partial charge on any atom is 0.241 e. The smallest absolute Gasteiger partial charge is 0.241 e. The van der Waals surface area contributed by atoms with Crippen molar-refractivity contribution in [3.63, 3.8) is 0 Å². The highest BCUT2D eigenvalue weighted by Gasteiger charge is 2.23. The molecule has 2 aromatic rings.